The molecule has 0 saturated carbocycles. The Labute approximate surface area is 194 Å². The van der Waals surface area contributed by atoms with E-state index in [1.807, 2.05) is 61.3 Å². The lowest BCUT2D eigenvalue weighted by atomic mass is 10.1. The molecule has 0 spiro atoms. The van der Waals surface area contributed by atoms with Gasteiger partial charge in [0, 0.05) is 58.4 Å². The zero-order valence-corrected chi connectivity index (χ0v) is 19.7. The molecule has 1 fully saturated rings. The van der Waals surface area contributed by atoms with Crippen LogP contribution in [0.1, 0.15) is 33.5 Å². The van der Waals surface area contributed by atoms with Crippen molar-refractivity contribution in [3.8, 4) is 5.75 Å². The summed E-state index contributed by atoms with van der Waals surface area (Å²) in [4.78, 5) is 35.7. The molecule has 2 amide bonds. The molecule has 3 aromatic rings. The average molecular weight is 450 g/mol. The first kappa shape index (κ1) is 22.8. The van der Waals surface area contributed by atoms with Crippen molar-refractivity contribution in [1.29, 1.82) is 0 Å². The molecule has 8 nitrogen and oxygen atoms in total. The number of nitrogens with zero attached hydrogens (tertiary/aromatic N) is 5. The first-order chi connectivity index (χ1) is 15.9. The quantitative estimate of drug-likeness (QED) is 0.579. The summed E-state index contributed by atoms with van der Waals surface area (Å²) in [5.41, 5.74) is 3.15. The minimum absolute atomic E-state index is 0.0302. The predicted octanol–water partition coefficient (Wildman–Crippen LogP) is 2.63. The van der Waals surface area contributed by atoms with Crippen molar-refractivity contribution in [3.05, 3.63) is 59.4 Å². The van der Waals surface area contributed by atoms with Crippen LogP contribution in [0.3, 0.4) is 0 Å². The molecule has 0 radical (unpaired) electrons. The van der Waals surface area contributed by atoms with Crippen molar-refractivity contribution < 1.29 is 14.3 Å². The van der Waals surface area contributed by atoms with Gasteiger partial charge >= 0.3 is 0 Å². The molecule has 2 heterocycles. The van der Waals surface area contributed by atoms with Crippen LogP contribution in [0.25, 0.3) is 11.0 Å². The molecule has 33 heavy (non-hydrogen) atoms. The fourth-order valence-electron chi connectivity index (χ4n) is 4.13. The summed E-state index contributed by atoms with van der Waals surface area (Å²) in [6, 6.07) is 13.0. The summed E-state index contributed by atoms with van der Waals surface area (Å²) in [7, 11) is 5.50. The second-order valence-electron chi connectivity index (χ2n) is 8.52. The highest BCUT2D eigenvalue weighted by Crippen LogP contribution is 2.20. The topological polar surface area (TPSA) is 70.9 Å². The van der Waals surface area contributed by atoms with Crippen LogP contribution in [0.15, 0.2) is 42.5 Å². The van der Waals surface area contributed by atoms with Crippen LogP contribution in [0, 0.1) is 0 Å². The number of amides is 2. The summed E-state index contributed by atoms with van der Waals surface area (Å²) >= 11 is 0. The Morgan fingerprint density at radius 2 is 1.67 bits per heavy atom. The van der Waals surface area contributed by atoms with Crippen LogP contribution in [-0.2, 0) is 13.6 Å². The van der Waals surface area contributed by atoms with Gasteiger partial charge in [-0.05, 0) is 49.4 Å². The number of rotatable bonds is 6. The van der Waals surface area contributed by atoms with Crippen molar-refractivity contribution in [1.82, 2.24) is 24.3 Å². The van der Waals surface area contributed by atoms with Crippen LogP contribution in [-0.4, -0.2) is 82.9 Å². The molecule has 0 N–H and O–H groups in total. The molecule has 0 aliphatic carbocycles. The van der Waals surface area contributed by atoms with E-state index in [1.54, 1.807) is 19.0 Å². The lowest BCUT2D eigenvalue weighted by molar-refractivity contribution is 0.0624. The van der Waals surface area contributed by atoms with Crippen LogP contribution < -0.4 is 4.74 Å². The number of carbonyl (C=O) groups is 2. The van der Waals surface area contributed by atoms with Crippen LogP contribution >= 0.6 is 0 Å². The molecule has 0 atom stereocenters. The first-order valence-electron chi connectivity index (χ1n) is 11.3. The highest BCUT2D eigenvalue weighted by molar-refractivity contribution is 5.97. The largest absolute Gasteiger partial charge is 0.494 e. The third-order valence-corrected chi connectivity index (χ3v) is 6.06. The Morgan fingerprint density at radius 1 is 1.00 bits per heavy atom. The fraction of sp³-hybridized carbons (Fsp3) is 0.400. The molecule has 1 aliphatic heterocycles. The minimum Gasteiger partial charge on any atom is -0.494 e. The van der Waals surface area contributed by atoms with Gasteiger partial charge in [0.2, 0.25) is 0 Å². The van der Waals surface area contributed by atoms with E-state index in [4.69, 9.17) is 9.72 Å². The Kier molecular flexibility index (Phi) is 6.65. The normalized spacial score (nSPS) is 14.5. The minimum atomic E-state index is -0.0302. The molecule has 1 saturated heterocycles. The second kappa shape index (κ2) is 9.62. The Bertz CT molecular complexity index is 1140. The molecular formula is C25H31N5O3. The summed E-state index contributed by atoms with van der Waals surface area (Å²) in [5, 5.41) is 0. The van der Waals surface area contributed by atoms with E-state index in [-0.39, 0.29) is 11.8 Å². The molecule has 0 bridgehead atoms. The number of benzene rings is 2. The van der Waals surface area contributed by atoms with Crippen LogP contribution in [0.5, 0.6) is 5.75 Å². The fourth-order valence-corrected chi connectivity index (χ4v) is 4.13. The van der Waals surface area contributed by atoms with E-state index in [0.717, 1.165) is 35.7 Å². The molecule has 2 aromatic carbocycles. The lowest BCUT2D eigenvalue weighted by Gasteiger charge is -2.34. The maximum Gasteiger partial charge on any atom is 0.253 e. The molecule has 4 rings (SSSR count). The van der Waals surface area contributed by atoms with Crippen molar-refractivity contribution in [2.75, 3.05) is 46.9 Å². The zero-order valence-electron chi connectivity index (χ0n) is 19.7. The molecule has 8 heteroatoms. The monoisotopic (exact) mass is 449 g/mol. The molecule has 1 aromatic heterocycles. The number of carbonyl (C=O) groups excluding carboxylic acids is 2. The number of imidazole rings is 1. The number of aryl methyl sites for hydroxylation is 1. The molecular weight excluding hydrogens is 418 g/mol. The second-order valence-corrected chi connectivity index (χ2v) is 8.52. The van der Waals surface area contributed by atoms with Crippen molar-refractivity contribution in [2.45, 2.75) is 13.5 Å². The summed E-state index contributed by atoms with van der Waals surface area (Å²) in [5.74, 6) is 1.75. The van der Waals surface area contributed by atoms with Gasteiger partial charge in [0.25, 0.3) is 11.8 Å². The molecule has 0 unspecified atom stereocenters. The molecule has 1 aliphatic rings. The number of ether oxygens (including phenoxy) is 1. The van der Waals surface area contributed by atoms with E-state index < -0.39 is 0 Å². The summed E-state index contributed by atoms with van der Waals surface area (Å²) in [6.45, 7) is 6.18. The SMILES string of the molecule is CCOc1ccc(C(=O)N2CCN(Cc3nc4cc(C(=O)N(C)C)ccc4n3C)CC2)cc1. The van der Waals surface area contributed by atoms with Gasteiger partial charge in [0.05, 0.1) is 24.2 Å². The maximum atomic E-state index is 12.9. The first-order valence-corrected chi connectivity index (χ1v) is 11.3. The Morgan fingerprint density at radius 3 is 2.30 bits per heavy atom. The van der Waals surface area contributed by atoms with Gasteiger partial charge in [0.15, 0.2) is 0 Å². The Hall–Kier alpha value is -3.39. The molecule has 174 valence electrons. The number of hydrogen-bond donors (Lipinski definition) is 0. The van der Waals surface area contributed by atoms with Gasteiger partial charge in [-0.1, -0.05) is 0 Å². The van der Waals surface area contributed by atoms with Crippen molar-refractivity contribution in [2.24, 2.45) is 7.05 Å². The van der Waals surface area contributed by atoms with Crippen LogP contribution in [0.2, 0.25) is 0 Å². The van der Waals surface area contributed by atoms with Crippen LogP contribution in [0.4, 0.5) is 0 Å². The van der Waals surface area contributed by atoms with Gasteiger partial charge in [-0.25, -0.2) is 4.98 Å². The predicted molar refractivity (Wildman–Crippen MR) is 128 cm³/mol. The zero-order chi connectivity index (χ0) is 23.5. The van der Waals surface area contributed by atoms with E-state index in [0.29, 0.717) is 37.4 Å². The van der Waals surface area contributed by atoms with Crippen molar-refractivity contribution in [3.63, 3.8) is 0 Å². The van der Waals surface area contributed by atoms with Gasteiger partial charge in [-0.15, -0.1) is 0 Å². The number of fused-ring (bicyclic) bond motifs is 1. The number of hydrogen-bond acceptors (Lipinski definition) is 5. The third-order valence-electron chi connectivity index (χ3n) is 6.06. The average Bonchev–Trinajstić information content (AvgIpc) is 3.13. The van der Waals surface area contributed by atoms with E-state index in [2.05, 4.69) is 9.47 Å². The van der Waals surface area contributed by atoms with Gasteiger partial charge in [-0.3, -0.25) is 14.5 Å². The highest BCUT2D eigenvalue weighted by atomic mass is 16.5. The van der Waals surface area contributed by atoms with Gasteiger partial charge in [0.1, 0.15) is 11.6 Å². The van der Waals surface area contributed by atoms with Crippen molar-refractivity contribution >= 4 is 22.8 Å². The van der Waals surface area contributed by atoms with E-state index >= 15 is 0 Å². The Balaban J connectivity index is 1.39. The van der Waals surface area contributed by atoms with E-state index in [1.165, 1.54) is 0 Å². The smallest absolute Gasteiger partial charge is 0.253 e. The number of piperazine rings is 1. The third kappa shape index (κ3) is 4.85. The highest BCUT2D eigenvalue weighted by Gasteiger charge is 2.23. The van der Waals surface area contributed by atoms with Gasteiger partial charge < -0.3 is 19.1 Å². The van der Waals surface area contributed by atoms with Gasteiger partial charge in [-0.2, -0.15) is 0 Å². The summed E-state index contributed by atoms with van der Waals surface area (Å²) < 4.78 is 7.54. The maximum absolute atomic E-state index is 12.9. The van der Waals surface area contributed by atoms with E-state index in [9.17, 15) is 9.59 Å². The summed E-state index contributed by atoms with van der Waals surface area (Å²) in [6.07, 6.45) is 0. The number of aromatic nitrogens is 2. The standard InChI is InChI=1S/C25H31N5O3/c1-5-33-20-9-6-18(7-10-20)25(32)30-14-12-29(13-15-30)17-23-26-21-16-19(24(31)27(2)3)8-11-22(21)28(23)4/h6-11,16H,5,12-15,17H2,1-4H3. The lowest BCUT2D eigenvalue weighted by Crippen LogP contribution is -2.48.